The van der Waals surface area contributed by atoms with Gasteiger partial charge in [-0.3, -0.25) is 4.79 Å². The van der Waals surface area contributed by atoms with Crippen LogP contribution in [0.1, 0.15) is 48.2 Å². The van der Waals surface area contributed by atoms with Gasteiger partial charge in [0.2, 0.25) is 0 Å². The van der Waals surface area contributed by atoms with Crippen LogP contribution in [0.2, 0.25) is 0 Å². The molecular weight excluding hydrogens is 278 g/mol. The lowest BCUT2D eigenvalue weighted by molar-refractivity contribution is -0.156. The molecule has 2 heterocycles. The minimum atomic E-state index is -2.40. The molecule has 2 saturated heterocycles. The number of carbonyl (C=O) groups excluding carboxylic acids is 1. The molecule has 1 aromatic carbocycles. The maximum Gasteiger partial charge on any atom is 0.316 e. The number of fused-ring (bicyclic) bond motifs is 2. The second kappa shape index (κ2) is 6.39. The van der Waals surface area contributed by atoms with Gasteiger partial charge in [-0.2, -0.15) is 0 Å². The van der Waals surface area contributed by atoms with Crippen LogP contribution in [-0.2, 0) is 9.53 Å². The van der Waals surface area contributed by atoms with Crippen LogP contribution >= 0.6 is 0 Å². The van der Waals surface area contributed by atoms with Crippen molar-refractivity contribution in [3.8, 4) is 0 Å². The van der Waals surface area contributed by atoms with Crippen LogP contribution < -0.4 is 0 Å². The Balaban J connectivity index is 1.87. The summed E-state index contributed by atoms with van der Waals surface area (Å²) in [5, 5.41) is 10.2. The molecule has 4 heteroatoms. The molecule has 4 nitrogen and oxygen atoms in total. The number of piperidine rings is 1. The molecule has 0 saturated carbocycles. The summed E-state index contributed by atoms with van der Waals surface area (Å²) in [5.41, 5.74) is 0.180. The predicted octanol–water partition coefficient (Wildman–Crippen LogP) is 2.32. The first-order valence-corrected chi connectivity index (χ1v) is 7.80. The van der Waals surface area contributed by atoms with Crippen molar-refractivity contribution in [1.29, 1.82) is 0 Å². The standard InChI is InChI=1S/C18H25NO3/c1-12(20)17(13-6-4-3-5-7-13)18(21)22-16-10-14-8-9-15(11-16)19(14)2/h3-7,12,14-17,20H,8-11H2,1-2H3/t12?,14-,15?,16?,17?/m1/s1/i12D,16D,17D. The van der Waals surface area contributed by atoms with Crippen LogP contribution in [0.3, 0.4) is 0 Å². The van der Waals surface area contributed by atoms with Gasteiger partial charge in [0.1, 0.15) is 12.0 Å². The van der Waals surface area contributed by atoms with Crippen molar-refractivity contribution in [2.24, 2.45) is 0 Å². The Labute approximate surface area is 136 Å². The maximum absolute atomic E-state index is 12.9. The van der Waals surface area contributed by atoms with E-state index in [1.165, 1.54) is 12.1 Å². The number of rotatable bonds is 4. The fourth-order valence-electron chi connectivity index (χ4n) is 3.54. The van der Waals surface area contributed by atoms with E-state index in [1.807, 2.05) is 7.05 Å². The summed E-state index contributed by atoms with van der Waals surface area (Å²) < 4.78 is 30.6. The summed E-state index contributed by atoms with van der Waals surface area (Å²) in [6.07, 6.45) is -1.10. The minimum absolute atomic E-state index is 0.180. The second-order valence-electron chi connectivity index (χ2n) is 6.21. The molecule has 1 aromatic rings. The Hall–Kier alpha value is -1.39. The van der Waals surface area contributed by atoms with Gasteiger partial charge in [0, 0.05) is 13.5 Å². The largest absolute Gasteiger partial charge is 0.462 e. The van der Waals surface area contributed by atoms with E-state index in [-0.39, 0.29) is 17.6 Å². The SMILES string of the molecule is [2H]C1(OC(=O)C([2H])(c2ccccc2)C([2H])(C)O)CC2CC[C@H](C1)N2C. The molecule has 0 amide bonds. The number of hydrogen-bond donors (Lipinski definition) is 1. The van der Waals surface area contributed by atoms with Crippen molar-refractivity contribution >= 4 is 5.97 Å². The lowest BCUT2D eigenvalue weighted by Gasteiger charge is -2.36. The fraction of sp³-hybridized carbons (Fsp3) is 0.611. The molecule has 4 unspecified atom stereocenters. The normalized spacial score (nSPS) is 39.0. The van der Waals surface area contributed by atoms with Gasteiger partial charge in [-0.1, -0.05) is 30.3 Å². The van der Waals surface area contributed by atoms with Crippen LogP contribution in [0.4, 0.5) is 0 Å². The van der Waals surface area contributed by atoms with Gasteiger partial charge < -0.3 is 14.7 Å². The number of aliphatic hydroxyl groups is 1. The van der Waals surface area contributed by atoms with Gasteiger partial charge in [0.05, 0.1) is 8.82 Å². The highest BCUT2D eigenvalue weighted by molar-refractivity contribution is 5.79. The fourth-order valence-corrected chi connectivity index (χ4v) is 3.54. The number of carbonyl (C=O) groups is 1. The minimum Gasteiger partial charge on any atom is -0.462 e. The van der Waals surface area contributed by atoms with Gasteiger partial charge in [-0.05, 0) is 45.2 Å². The Morgan fingerprint density at radius 2 is 1.95 bits per heavy atom. The molecule has 0 spiro atoms. The average Bonchev–Trinajstić information content (AvgIpc) is 2.76. The van der Waals surface area contributed by atoms with Crippen molar-refractivity contribution in [3.05, 3.63) is 35.9 Å². The Morgan fingerprint density at radius 1 is 1.36 bits per heavy atom. The maximum atomic E-state index is 12.9. The third-order valence-electron chi connectivity index (χ3n) is 4.78. The van der Waals surface area contributed by atoms with Crippen molar-refractivity contribution < 1.29 is 18.8 Å². The van der Waals surface area contributed by atoms with Gasteiger partial charge in [0.25, 0.3) is 0 Å². The van der Waals surface area contributed by atoms with Gasteiger partial charge in [0.15, 0.2) is 0 Å². The summed E-state index contributed by atoms with van der Waals surface area (Å²) in [5.74, 6) is -3.36. The highest BCUT2D eigenvalue weighted by Gasteiger charge is 2.40. The summed E-state index contributed by atoms with van der Waals surface area (Å²) in [4.78, 5) is 15.1. The first-order chi connectivity index (χ1) is 11.6. The zero-order valence-corrected chi connectivity index (χ0v) is 13.1. The highest BCUT2D eigenvalue weighted by Crippen LogP contribution is 2.36. The van der Waals surface area contributed by atoms with E-state index < -0.39 is 24.0 Å². The van der Waals surface area contributed by atoms with E-state index in [4.69, 9.17) is 8.85 Å². The number of ether oxygens (including phenoxy) is 1. The first-order valence-electron chi connectivity index (χ1n) is 9.30. The van der Waals surface area contributed by atoms with E-state index in [0.29, 0.717) is 12.8 Å². The van der Waals surface area contributed by atoms with Crippen molar-refractivity contribution in [3.63, 3.8) is 0 Å². The third kappa shape index (κ3) is 3.03. The zero-order valence-electron chi connectivity index (χ0n) is 16.1. The molecule has 1 N–H and O–H groups in total. The molecule has 22 heavy (non-hydrogen) atoms. The Kier molecular flexibility index (Phi) is 3.51. The lowest BCUT2D eigenvalue weighted by atomic mass is 9.94. The zero-order chi connectivity index (χ0) is 18.5. The molecule has 0 radical (unpaired) electrons. The molecule has 0 aliphatic carbocycles. The van der Waals surface area contributed by atoms with Crippen molar-refractivity contribution in [2.45, 2.75) is 62.7 Å². The third-order valence-corrected chi connectivity index (χ3v) is 4.78. The van der Waals surface area contributed by atoms with Crippen molar-refractivity contribution in [1.82, 2.24) is 4.90 Å². The van der Waals surface area contributed by atoms with Crippen LogP contribution in [0.15, 0.2) is 30.3 Å². The number of hydrogen-bond acceptors (Lipinski definition) is 4. The number of benzene rings is 1. The Morgan fingerprint density at radius 3 is 2.50 bits per heavy atom. The first kappa shape index (κ1) is 12.1. The van der Waals surface area contributed by atoms with Gasteiger partial charge in [-0.25, -0.2) is 0 Å². The lowest BCUT2D eigenvalue weighted by Crippen LogP contribution is -2.44. The van der Waals surface area contributed by atoms with Crippen molar-refractivity contribution in [2.75, 3.05) is 7.05 Å². The smallest absolute Gasteiger partial charge is 0.316 e. The quantitative estimate of drug-likeness (QED) is 0.867. The van der Waals surface area contributed by atoms with E-state index in [9.17, 15) is 9.90 Å². The Bertz CT molecular complexity index is 635. The molecule has 2 fully saturated rings. The topological polar surface area (TPSA) is 49.8 Å². The van der Waals surface area contributed by atoms with Crippen LogP contribution in [-0.4, -0.2) is 47.3 Å². The molecule has 2 bridgehead atoms. The summed E-state index contributed by atoms with van der Waals surface area (Å²) in [7, 11) is 2.02. The van der Waals surface area contributed by atoms with E-state index in [0.717, 1.165) is 19.8 Å². The molecule has 2 aliphatic heterocycles. The monoisotopic (exact) mass is 306 g/mol. The average molecular weight is 306 g/mol. The summed E-state index contributed by atoms with van der Waals surface area (Å²) >= 11 is 0. The van der Waals surface area contributed by atoms with Gasteiger partial charge >= 0.3 is 5.97 Å². The highest BCUT2D eigenvalue weighted by atomic mass is 16.5. The molecule has 120 valence electrons. The van der Waals surface area contributed by atoms with Crippen LogP contribution in [0.5, 0.6) is 0 Å². The molecule has 3 rings (SSSR count). The molecular formula is C18H25NO3. The molecule has 0 aromatic heterocycles. The summed E-state index contributed by atoms with van der Waals surface area (Å²) in [6.45, 7) is 1.10. The second-order valence-corrected chi connectivity index (χ2v) is 6.21. The number of nitrogens with zero attached hydrogens (tertiary/aromatic N) is 1. The van der Waals surface area contributed by atoms with Crippen LogP contribution in [0, 0.1) is 0 Å². The molecule has 2 aliphatic rings. The van der Waals surface area contributed by atoms with Crippen LogP contribution in [0.25, 0.3) is 0 Å². The van der Waals surface area contributed by atoms with Gasteiger partial charge in [-0.15, -0.1) is 0 Å². The predicted molar refractivity (Wildman–Crippen MR) is 84.6 cm³/mol. The van der Waals surface area contributed by atoms with E-state index in [2.05, 4.69) is 4.90 Å². The van der Waals surface area contributed by atoms with E-state index >= 15 is 0 Å². The number of esters is 1. The molecule has 5 atom stereocenters. The summed E-state index contributed by atoms with van der Waals surface area (Å²) in [6, 6.07) is 8.44. The van der Waals surface area contributed by atoms with E-state index in [1.54, 1.807) is 18.2 Å².